The predicted molar refractivity (Wildman–Crippen MR) is 153 cm³/mol. The molecular weight excluding hydrogens is 422 g/mol. The van der Waals surface area contributed by atoms with Crippen LogP contribution in [-0.4, -0.2) is 4.57 Å². The van der Waals surface area contributed by atoms with Gasteiger partial charge in [-0.1, -0.05) is 91.9 Å². The highest BCUT2D eigenvalue weighted by Crippen LogP contribution is 2.33. The van der Waals surface area contributed by atoms with E-state index in [1.54, 1.807) is 0 Å². The van der Waals surface area contributed by atoms with Gasteiger partial charge in [0.1, 0.15) is 0 Å². The first kappa shape index (κ1) is 21.4. The van der Waals surface area contributed by atoms with E-state index in [0.717, 1.165) is 6.42 Å². The Hall–Kier alpha value is -4.10. The summed E-state index contributed by atoms with van der Waals surface area (Å²) >= 11 is 0. The number of nitrogens with zero attached hydrogens (tertiary/aromatic N) is 1. The Bertz CT molecular complexity index is 1780. The molecule has 0 atom stereocenters. The van der Waals surface area contributed by atoms with E-state index >= 15 is 0 Å². The third-order valence-electron chi connectivity index (χ3n) is 7.26. The quantitative estimate of drug-likeness (QED) is 0.258. The monoisotopic (exact) mass is 451 g/mol. The summed E-state index contributed by atoms with van der Waals surface area (Å²) in [7, 11) is 0. The number of aromatic nitrogens is 1. The van der Waals surface area contributed by atoms with Crippen molar-refractivity contribution >= 4 is 44.7 Å². The third kappa shape index (κ3) is 3.31. The zero-order chi connectivity index (χ0) is 23.9. The van der Waals surface area contributed by atoms with Gasteiger partial charge >= 0.3 is 0 Å². The molecule has 0 aliphatic heterocycles. The van der Waals surface area contributed by atoms with E-state index in [1.807, 2.05) is 0 Å². The number of rotatable bonds is 3. The van der Waals surface area contributed by atoms with Gasteiger partial charge in [0, 0.05) is 16.5 Å². The van der Waals surface area contributed by atoms with Crippen LogP contribution < -0.4 is 10.4 Å². The zero-order valence-corrected chi connectivity index (χ0v) is 20.5. The second kappa shape index (κ2) is 8.60. The van der Waals surface area contributed by atoms with Crippen molar-refractivity contribution in [3.05, 3.63) is 113 Å². The molecule has 170 valence electrons. The highest BCUT2D eigenvalue weighted by Gasteiger charge is 2.13. The smallest absolute Gasteiger partial charge is 0.0541 e. The van der Waals surface area contributed by atoms with Crippen molar-refractivity contribution in [1.82, 2.24) is 4.57 Å². The Morgan fingerprint density at radius 3 is 1.74 bits per heavy atom. The van der Waals surface area contributed by atoms with Gasteiger partial charge in [0.15, 0.2) is 0 Å². The molecule has 0 spiro atoms. The molecular formula is C34H29N. The van der Waals surface area contributed by atoms with Crippen LogP contribution in [0.4, 0.5) is 0 Å². The van der Waals surface area contributed by atoms with Gasteiger partial charge in [-0.05, 0) is 82.4 Å². The van der Waals surface area contributed by atoms with Crippen LogP contribution in [-0.2, 0) is 0 Å². The molecule has 0 saturated carbocycles. The Balaban J connectivity index is 1.62. The van der Waals surface area contributed by atoms with Gasteiger partial charge in [0.2, 0.25) is 0 Å². The minimum absolute atomic E-state index is 1.02. The number of hydrogen-bond acceptors (Lipinski definition) is 0. The van der Waals surface area contributed by atoms with E-state index in [1.165, 1.54) is 65.4 Å². The molecule has 5 aromatic carbocycles. The van der Waals surface area contributed by atoms with Crippen molar-refractivity contribution in [2.75, 3.05) is 0 Å². The summed E-state index contributed by atoms with van der Waals surface area (Å²) in [6, 6.07) is 35.3. The first-order valence-electron chi connectivity index (χ1n) is 12.5. The standard InChI is InChI=1S/C34H29N/c1-4-12-27-23(3)28-13-6-7-16-31(28)34(26(27)5-2)24-19-21-25(22-20-24)35-32-17-10-8-14-29(32)30-15-9-11-18-33(30)35/h5-22H,4H2,1-3H3/b26-5+,27-12-. The van der Waals surface area contributed by atoms with Gasteiger partial charge in [0.25, 0.3) is 0 Å². The lowest BCUT2D eigenvalue weighted by Crippen LogP contribution is -2.30. The molecule has 0 fully saturated rings. The molecule has 0 N–H and O–H groups in total. The van der Waals surface area contributed by atoms with Gasteiger partial charge in [-0.15, -0.1) is 0 Å². The molecule has 1 nitrogen and oxygen atoms in total. The molecule has 0 bridgehead atoms. The first-order chi connectivity index (χ1) is 17.2. The average molecular weight is 452 g/mol. The maximum atomic E-state index is 2.38. The maximum absolute atomic E-state index is 2.38. The van der Waals surface area contributed by atoms with Gasteiger partial charge < -0.3 is 4.57 Å². The second-order valence-corrected chi connectivity index (χ2v) is 9.19. The van der Waals surface area contributed by atoms with Crippen molar-refractivity contribution in [3.63, 3.8) is 0 Å². The lowest BCUT2D eigenvalue weighted by Gasteiger charge is -2.14. The molecule has 0 aliphatic rings. The normalized spacial score (nSPS) is 12.9. The topological polar surface area (TPSA) is 4.93 Å². The lowest BCUT2D eigenvalue weighted by molar-refractivity contribution is 1.18. The first-order valence-corrected chi connectivity index (χ1v) is 12.5. The van der Waals surface area contributed by atoms with E-state index in [9.17, 15) is 0 Å². The molecule has 35 heavy (non-hydrogen) atoms. The van der Waals surface area contributed by atoms with Crippen molar-refractivity contribution in [2.24, 2.45) is 0 Å². The van der Waals surface area contributed by atoms with Gasteiger partial charge in [-0.2, -0.15) is 0 Å². The van der Waals surface area contributed by atoms with Crippen LogP contribution >= 0.6 is 0 Å². The van der Waals surface area contributed by atoms with E-state index < -0.39 is 0 Å². The fraction of sp³-hybridized carbons (Fsp3) is 0.118. The number of benzene rings is 5. The van der Waals surface area contributed by atoms with Crippen LogP contribution in [0.3, 0.4) is 0 Å². The van der Waals surface area contributed by atoms with Crippen LogP contribution in [0, 0.1) is 6.92 Å². The number of para-hydroxylation sites is 2. The molecule has 0 unspecified atom stereocenters. The van der Waals surface area contributed by atoms with Crippen LogP contribution in [0.15, 0.2) is 97.1 Å². The zero-order valence-electron chi connectivity index (χ0n) is 20.5. The fourth-order valence-corrected chi connectivity index (χ4v) is 5.71. The Labute approximate surface area is 206 Å². The third-order valence-corrected chi connectivity index (χ3v) is 7.26. The van der Waals surface area contributed by atoms with E-state index in [0.29, 0.717) is 0 Å². The van der Waals surface area contributed by atoms with Gasteiger partial charge in [-0.3, -0.25) is 0 Å². The summed E-state index contributed by atoms with van der Waals surface area (Å²) in [5.74, 6) is 0. The summed E-state index contributed by atoms with van der Waals surface area (Å²) in [5, 5.41) is 7.91. The Kier molecular flexibility index (Phi) is 5.26. The van der Waals surface area contributed by atoms with E-state index in [2.05, 4.69) is 135 Å². The highest BCUT2D eigenvalue weighted by atomic mass is 15.0. The molecule has 0 saturated heterocycles. The van der Waals surface area contributed by atoms with Crippen molar-refractivity contribution < 1.29 is 0 Å². The van der Waals surface area contributed by atoms with Gasteiger partial charge in [0.05, 0.1) is 11.0 Å². The molecule has 1 heterocycles. The largest absolute Gasteiger partial charge is 0.309 e. The second-order valence-electron chi connectivity index (χ2n) is 9.19. The summed E-state index contributed by atoms with van der Waals surface area (Å²) < 4.78 is 2.38. The summed E-state index contributed by atoms with van der Waals surface area (Å²) in [4.78, 5) is 0. The SMILES string of the molecule is C/C=c1/c(-c2ccc(-n3c4ccccc4c4ccccc43)cc2)c2ccccc2c(C)/c1=C/CC. The van der Waals surface area contributed by atoms with Crippen LogP contribution in [0.25, 0.3) is 61.5 Å². The van der Waals surface area contributed by atoms with Crippen LogP contribution in [0.2, 0.25) is 0 Å². The van der Waals surface area contributed by atoms with E-state index in [4.69, 9.17) is 0 Å². The number of fused-ring (bicyclic) bond motifs is 4. The summed E-state index contributed by atoms with van der Waals surface area (Å²) in [5.41, 5.74) is 7.60. The summed E-state index contributed by atoms with van der Waals surface area (Å²) in [6.07, 6.45) is 5.66. The predicted octanol–water partition coefficient (Wildman–Crippen LogP) is 7.90. The number of aryl methyl sites for hydroxylation is 1. The molecule has 6 aromatic rings. The fourth-order valence-electron chi connectivity index (χ4n) is 5.71. The Morgan fingerprint density at radius 1 is 0.629 bits per heavy atom. The highest BCUT2D eigenvalue weighted by molar-refractivity contribution is 6.09. The molecule has 6 rings (SSSR count). The minimum atomic E-state index is 1.02. The molecule has 1 aromatic heterocycles. The number of hydrogen-bond donors (Lipinski definition) is 0. The maximum Gasteiger partial charge on any atom is 0.0541 e. The van der Waals surface area contributed by atoms with Crippen molar-refractivity contribution in [1.29, 1.82) is 0 Å². The van der Waals surface area contributed by atoms with Crippen LogP contribution in [0.1, 0.15) is 25.8 Å². The van der Waals surface area contributed by atoms with Crippen molar-refractivity contribution in [2.45, 2.75) is 27.2 Å². The lowest BCUT2D eigenvalue weighted by atomic mass is 9.91. The minimum Gasteiger partial charge on any atom is -0.309 e. The average Bonchev–Trinajstić information content (AvgIpc) is 3.25. The molecule has 0 radical (unpaired) electrons. The summed E-state index contributed by atoms with van der Waals surface area (Å²) in [6.45, 7) is 6.63. The molecule has 0 amide bonds. The van der Waals surface area contributed by atoms with Crippen LogP contribution in [0.5, 0.6) is 0 Å². The molecule has 0 aliphatic carbocycles. The Morgan fingerprint density at radius 2 is 1.17 bits per heavy atom. The van der Waals surface area contributed by atoms with Gasteiger partial charge in [-0.25, -0.2) is 0 Å². The van der Waals surface area contributed by atoms with Crippen molar-refractivity contribution in [3.8, 4) is 16.8 Å². The van der Waals surface area contributed by atoms with E-state index in [-0.39, 0.29) is 0 Å². The molecule has 1 heteroatoms.